The van der Waals surface area contributed by atoms with E-state index in [1.54, 1.807) is 36.4 Å². The molecule has 8 heteroatoms. The molecule has 25 heavy (non-hydrogen) atoms. The fraction of sp³-hybridized carbons (Fsp3) is 0.176. The van der Waals surface area contributed by atoms with Crippen LogP contribution in [0.5, 0.6) is 23.0 Å². The van der Waals surface area contributed by atoms with Crippen molar-refractivity contribution in [2.75, 3.05) is 14.2 Å². The van der Waals surface area contributed by atoms with E-state index in [-0.39, 0.29) is 11.5 Å². The molecule has 0 fully saturated rings. The summed E-state index contributed by atoms with van der Waals surface area (Å²) in [6, 6.07) is 13.1. The molecule has 0 saturated carbocycles. The zero-order valence-electron chi connectivity index (χ0n) is 13.6. The summed E-state index contributed by atoms with van der Waals surface area (Å²) < 4.78 is 10.1. The predicted molar refractivity (Wildman–Crippen MR) is 84.0 cm³/mol. The Hall–Kier alpha value is -3.42. The van der Waals surface area contributed by atoms with Crippen molar-refractivity contribution in [3.63, 3.8) is 0 Å². The molecule has 0 N–H and O–H groups in total. The summed E-state index contributed by atoms with van der Waals surface area (Å²) in [6.45, 7) is 0. The van der Waals surface area contributed by atoms with Crippen LogP contribution in [0, 0.1) is 0 Å². The normalized spacial score (nSPS) is 9.68. The smallest absolute Gasteiger partial charge is 0.366 e. The van der Waals surface area contributed by atoms with Crippen LogP contribution in [0.25, 0.3) is 0 Å². The molecule has 0 amide bonds. The first-order valence-electron chi connectivity index (χ1n) is 7.14. The number of carbonyl (C=O) groups excluding carboxylic acids is 2. The molecule has 2 rings (SSSR count). The van der Waals surface area contributed by atoms with Crippen LogP contribution < -0.4 is 19.2 Å². The fourth-order valence-electron chi connectivity index (χ4n) is 1.73. The van der Waals surface area contributed by atoms with Gasteiger partial charge in [-0.3, -0.25) is 9.78 Å². The first kappa shape index (κ1) is 17.9. The third-order valence-corrected chi connectivity index (χ3v) is 2.88. The molecular formula is C17H16O8. The van der Waals surface area contributed by atoms with E-state index in [0.717, 1.165) is 0 Å². The molecule has 0 unspecified atom stereocenters. The van der Waals surface area contributed by atoms with Crippen molar-refractivity contribution in [1.82, 2.24) is 0 Å². The molecule has 0 saturated heterocycles. The standard InChI is InChI=1S/C17H16O8/c1-20-12-7-3-5-9-14(12)22-24-16(18)11-17(19)25-23-15-10-6-4-8-13(15)21-2/h3-10H,11H2,1-2H3. The van der Waals surface area contributed by atoms with E-state index in [1.807, 2.05) is 0 Å². The predicted octanol–water partition coefficient (Wildman–Crippen LogP) is 2.47. The molecule has 0 radical (unpaired) electrons. The number of hydrogen-bond donors (Lipinski definition) is 0. The van der Waals surface area contributed by atoms with Crippen molar-refractivity contribution in [2.24, 2.45) is 0 Å². The van der Waals surface area contributed by atoms with E-state index in [9.17, 15) is 9.59 Å². The van der Waals surface area contributed by atoms with Crippen molar-refractivity contribution in [3.05, 3.63) is 48.5 Å². The number of para-hydroxylation sites is 4. The summed E-state index contributed by atoms with van der Waals surface area (Å²) in [5.74, 6) is -0.789. The van der Waals surface area contributed by atoms with Crippen molar-refractivity contribution in [2.45, 2.75) is 6.42 Å². The van der Waals surface area contributed by atoms with Gasteiger partial charge in [-0.15, -0.1) is 0 Å². The summed E-state index contributed by atoms with van der Waals surface area (Å²) in [5, 5.41) is 0. The molecule has 0 aliphatic carbocycles. The first-order valence-corrected chi connectivity index (χ1v) is 7.14. The average molecular weight is 348 g/mol. The van der Waals surface area contributed by atoms with Gasteiger partial charge in [-0.1, -0.05) is 24.3 Å². The van der Waals surface area contributed by atoms with Gasteiger partial charge in [0.25, 0.3) is 0 Å². The van der Waals surface area contributed by atoms with Gasteiger partial charge in [-0.25, -0.2) is 19.4 Å². The minimum Gasteiger partial charge on any atom is -0.493 e. The highest BCUT2D eigenvalue weighted by Gasteiger charge is 2.17. The highest BCUT2D eigenvalue weighted by atomic mass is 17.2. The van der Waals surface area contributed by atoms with Crippen LogP contribution in [0.2, 0.25) is 0 Å². The van der Waals surface area contributed by atoms with E-state index < -0.39 is 18.4 Å². The first-order chi connectivity index (χ1) is 12.1. The van der Waals surface area contributed by atoms with E-state index in [1.165, 1.54) is 26.4 Å². The van der Waals surface area contributed by atoms with Crippen LogP contribution in [-0.4, -0.2) is 26.2 Å². The quantitative estimate of drug-likeness (QED) is 0.408. The molecule has 132 valence electrons. The van der Waals surface area contributed by atoms with E-state index >= 15 is 0 Å². The number of rotatable bonds is 8. The number of hydrogen-bond acceptors (Lipinski definition) is 8. The van der Waals surface area contributed by atoms with Gasteiger partial charge >= 0.3 is 11.9 Å². The zero-order valence-corrected chi connectivity index (χ0v) is 13.6. The van der Waals surface area contributed by atoms with Crippen molar-refractivity contribution in [3.8, 4) is 23.0 Å². The molecule has 2 aromatic carbocycles. The van der Waals surface area contributed by atoms with Crippen molar-refractivity contribution < 1.29 is 38.6 Å². The fourth-order valence-corrected chi connectivity index (χ4v) is 1.73. The summed E-state index contributed by atoms with van der Waals surface area (Å²) in [7, 11) is 2.88. The Labute approximate surface area is 143 Å². The summed E-state index contributed by atoms with van der Waals surface area (Å²) >= 11 is 0. The van der Waals surface area contributed by atoms with Crippen molar-refractivity contribution >= 4 is 11.9 Å². The molecule has 0 spiro atoms. The maximum Gasteiger partial charge on any atom is 0.366 e. The van der Waals surface area contributed by atoms with Crippen LogP contribution in [0.4, 0.5) is 0 Å². The highest BCUT2D eigenvalue weighted by Crippen LogP contribution is 2.27. The molecule has 0 heterocycles. The largest absolute Gasteiger partial charge is 0.493 e. The molecule has 0 aliphatic rings. The molecule has 0 atom stereocenters. The summed E-state index contributed by atoms with van der Waals surface area (Å²) in [5.41, 5.74) is 0. The van der Waals surface area contributed by atoms with Gasteiger partial charge in [-0.05, 0) is 24.3 Å². The Morgan fingerprint density at radius 3 is 1.40 bits per heavy atom. The topological polar surface area (TPSA) is 89.5 Å². The van der Waals surface area contributed by atoms with Gasteiger partial charge in [0.1, 0.15) is 0 Å². The second-order valence-corrected chi connectivity index (χ2v) is 4.56. The van der Waals surface area contributed by atoms with Crippen molar-refractivity contribution in [1.29, 1.82) is 0 Å². The zero-order chi connectivity index (χ0) is 18.1. The molecule has 0 bridgehead atoms. The molecule has 8 nitrogen and oxygen atoms in total. The van der Waals surface area contributed by atoms with Gasteiger partial charge in [0.2, 0.25) is 11.5 Å². The SMILES string of the molecule is COc1ccccc1OOC(=O)CC(=O)OOc1ccccc1OC. The summed E-state index contributed by atoms with van der Waals surface area (Å²) in [6.07, 6.45) is -0.704. The molecule has 2 aromatic rings. The Morgan fingerprint density at radius 1 is 0.680 bits per heavy atom. The Kier molecular flexibility index (Phi) is 6.47. The third kappa shape index (κ3) is 5.31. The van der Waals surface area contributed by atoms with Gasteiger partial charge in [0.05, 0.1) is 14.2 Å². The van der Waals surface area contributed by atoms with Gasteiger partial charge in [-0.2, -0.15) is 0 Å². The number of methoxy groups -OCH3 is 2. The highest BCUT2D eigenvalue weighted by molar-refractivity contribution is 5.90. The number of carbonyl (C=O) groups is 2. The second-order valence-electron chi connectivity index (χ2n) is 4.56. The van der Waals surface area contributed by atoms with E-state index in [4.69, 9.17) is 19.2 Å². The maximum absolute atomic E-state index is 11.6. The van der Waals surface area contributed by atoms with Crippen LogP contribution in [-0.2, 0) is 19.4 Å². The van der Waals surface area contributed by atoms with Gasteiger partial charge < -0.3 is 9.47 Å². The Balaban J connectivity index is 1.79. The third-order valence-electron chi connectivity index (χ3n) is 2.88. The lowest BCUT2D eigenvalue weighted by Gasteiger charge is -2.09. The van der Waals surface area contributed by atoms with Crippen LogP contribution in [0.1, 0.15) is 6.42 Å². The van der Waals surface area contributed by atoms with Crippen LogP contribution in [0.15, 0.2) is 48.5 Å². The van der Waals surface area contributed by atoms with Crippen LogP contribution in [0.3, 0.4) is 0 Å². The van der Waals surface area contributed by atoms with E-state index in [0.29, 0.717) is 11.5 Å². The lowest BCUT2D eigenvalue weighted by molar-refractivity contribution is -0.227. The van der Waals surface area contributed by atoms with Crippen LogP contribution >= 0.6 is 0 Å². The molecule has 0 aromatic heterocycles. The second kappa shape index (κ2) is 9.02. The summed E-state index contributed by atoms with van der Waals surface area (Å²) in [4.78, 5) is 42.0. The Morgan fingerprint density at radius 2 is 1.04 bits per heavy atom. The number of ether oxygens (including phenoxy) is 2. The lowest BCUT2D eigenvalue weighted by Crippen LogP contribution is -2.17. The van der Waals surface area contributed by atoms with Gasteiger partial charge in [0.15, 0.2) is 17.9 Å². The molecular weight excluding hydrogens is 332 g/mol. The van der Waals surface area contributed by atoms with Gasteiger partial charge in [0, 0.05) is 0 Å². The number of benzene rings is 2. The Bertz CT molecular complexity index is 667. The monoisotopic (exact) mass is 348 g/mol. The minimum absolute atomic E-state index is 0.192. The maximum atomic E-state index is 11.6. The lowest BCUT2D eigenvalue weighted by atomic mass is 10.3. The van der Waals surface area contributed by atoms with E-state index in [2.05, 4.69) is 9.78 Å². The molecule has 0 aliphatic heterocycles. The average Bonchev–Trinajstić information content (AvgIpc) is 2.65. The minimum atomic E-state index is -0.959.